The molecule has 160 valence electrons. The number of rotatable bonds is 7. The highest BCUT2D eigenvalue weighted by Gasteiger charge is 2.61. The maximum absolute atomic E-state index is 13.2. The first-order valence-corrected chi connectivity index (χ1v) is 10.0. The van der Waals surface area contributed by atoms with Crippen LogP contribution < -0.4 is 20.3 Å². The first-order chi connectivity index (χ1) is 14.9. The summed E-state index contributed by atoms with van der Waals surface area (Å²) in [6.45, 7) is 4.00. The fourth-order valence-electron chi connectivity index (χ4n) is 3.82. The predicted molar refractivity (Wildman–Crippen MR) is 116 cm³/mol. The van der Waals surface area contributed by atoms with Crippen LogP contribution in [-0.2, 0) is 10.2 Å². The zero-order valence-electron chi connectivity index (χ0n) is 17.8. The Morgan fingerprint density at radius 3 is 2.77 bits per heavy atom. The number of hydrogen-bond acceptors (Lipinski definition) is 7. The highest BCUT2D eigenvalue weighted by molar-refractivity contribution is 5.96. The molecule has 0 aliphatic heterocycles. The Hall–Kier alpha value is -3.52. The van der Waals surface area contributed by atoms with E-state index < -0.39 is 5.41 Å². The Morgan fingerprint density at radius 1 is 1.23 bits per heavy atom. The van der Waals surface area contributed by atoms with E-state index >= 15 is 0 Å². The Bertz CT molecular complexity index is 1090. The standard InChI is InChI=1S/C23H25N5O3/c1-15-20(13-26-16(2)27-15)31-14-23(17-7-6-8-18(11-17)30-3)12-19(23)22(29)28(24)21-9-4-5-10-25-21/h4-11,13,19H,12,14,24H2,1-3H3/t19?,23-/m1/s1. The monoisotopic (exact) mass is 419 g/mol. The van der Waals surface area contributed by atoms with E-state index in [1.807, 2.05) is 38.1 Å². The van der Waals surface area contributed by atoms with E-state index in [2.05, 4.69) is 15.0 Å². The van der Waals surface area contributed by atoms with Crippen molar-refractivity contribution in [2.45, 2.75) is 25.7 Å². The molecule has 2 aromatic heterocycles. The van der Waals surface area contributed by atoms with Crippen LogP contribution in [0.5, 0.6) is 11.5 Å². The van der Waals surface area contributed by atoms with Crippen LogP contribution in [-0.4, -0.2) is 34.6 Å². The number of hydrogen-bond donors (Lipinski definition) is 1. The molecule has 1 unspecified atom stereocenters. The third-order valence-electron chi connectivity index (χ3n) is 5.69. The van der Waals surface area contributed by atoms with Gasteiger partial charge in [-0.3, -0.25) is 4.79 Å². The smallest absolute Gasteiger partial charge is 0.246 e. The lowest BCUT2D eigenvalue weighted by molar-refractivity contribution is -0.120. The van der Waals surface area contributed by atoms with Crippen LogP contribution in [0.15, 0.2) is 54.9 Å². The molecule has 0 spiro atoms. The maximum atomic E-state index is 13.2. The van der Waals surface area contributed by atoms with E-state index in [9.17, 15) is 4.79 Å². The lowest BCUT2D eigenvalue weighted by atomic mass is 9.93. The Balaban J connectivity index is 1.62. The summed E-state index contributed by atoms with van der Waals surface area (Å²) in [5.41, 5.74) is 1.19. The van der Waals surface area contributed by atoms with Crippen LogP contribution in [0.4, 0.5) is 5.82 Å². The van der Waals surface area contributed by atoms with E-state index in [0.29, 0.717) is 30.4 Å². The first-order valence-electron chi connectivity index (χ1n) is 10.0. The number of benzene rings is 1. The van der Waals surface area contributed by atoms with Crippen LogP contribution in [0.25, 0.3) is 0 Å². The minimum atomic E-state index is -0.532. The fraction of sp³-hybridized carbons (Fsp3) is 0.304. The van der Waals surface area contributed by atoms with Gasteiger partial charge in [0.1, 0.15) is 17.4 Å². The van der Waals surface area contributed by atoms with E-state index in [1.165, 1.54) is 0 Å². The number of ether oxygens (including phenoxy) is 2. The van der Waals surface area contributed by atoms with Gasteiger partial charge in [-0.1, -0.05) is 18.2 Å². The summed E-state index contributed by atoms with van der Waals surface area (Å²) in [5, 5.41) is 1.12. The van der Waals surface area contributed by atoms with Crippen LogP contribution in [0.2, 0.25) is 0 Å². The second-order valence-corrected chi connectivity index (χ2v) is 7.70. The number of nitrogens with zero attached hydrogens (tertiary/aromatic N) is 4. The zero-order valence-corrected chi connectivity index (χ0v) is 17.8. The van der Waals surface area contributed by atoms with E-state index in [0.717, 1.165) is 22.0 Å². The molecule has 4 rings (SSSR count). The van der Waals surface area contributed by atoms with Crippen molar-refractivity contribution in [1.29, 1.82) is 0 Å². The predicted octanol–water partition coefficient (Wildman–Crippen LogP) is 2.74. The minimum Gasteiger partial charge on any atom is -0.497 e. The zero-order chi connectivity index (χ0) is 22.0. The normalized spacial score (nSPS) is 19.5. The summed E-state index contributed by atoms with van der Waals surface area (Å²) < 4.78 is 11.5. The molecule has 31 heavy (non-hydrogen) atoms. The number of hydrazine groups is 1. The van der Waals surface area contributed by atoms with Gasteiger partial charge in [0.05, 0.1) is 31.5 Å². The molecule has 1 fully saturated rings. The van der Waals surface area contributed by atoms with Crippen molar-refractivity contribution < 1.29 is 14.3 Å². The van der Waals surface area contributed by atoms with Crippen molar-refractivity contribution in [2.24, 2.45) is 11.8 Å². The molecular formula is C23H25N5O3. The molecule has 2 N–H and O–H groups in total. The van der Waals surface area contributed by atoms with Gasteiger partial charge in [-0.05, 0) is 50.1 Å². The van der Waals surface area contributed by atoms with Gasteiger partial charge in [-0.2, -0.15) is 0 Å². The molecule has 2 heterocycles. The third-order valence-corrected chi connectivity index (χ3v) is 5.69. The topological polar surface area (TPSA) is 103 Å². The lowest BCUT2D eigenvalue weighted by Gasteiger charge is -2.22. The van der Waals surface area contributed by atoms with Gasteiger partial charge < -0.3 is 9.47 Å². The van der Waals surface area contributed by atoms with Crippen LogP contribution >= 0.6 is 0 Å². The maximum Gasteiger partial charge on any atom is 0.246 e. The highest BCUT2D eigenvalue weighted by Crippen LogP contribution is 2.55. The second-order valence-electron chi connectivity index (χ2n) is 7.70. The number of anilines is 1. The molecule has 0 bridgehead atoms. The molecule has 1 saturated carbocycles. The van der Waals surface area contributed by atoms with Gasteiger partial charge in [0.2, 0.25) is 5.91 Å². The molecule has 0 saturated heterocycles. The number of nitrogens with two attached hydrogens (primary N) is 1. The molecule has 8 nitrogen and oxygen atoms in total. The molecule has 1 aliphatic carbocycles. The summed E-state index contributed by atoms with van der Waals surface area (Å²) in [6, 6.07) is 13.0. The fourth-order valence-corrected chi connectivity index (χ4v) is 3.82. The molecule has 1 amide bonds. The molecule has 1 aromatic carbocycles. The van der Waals surface area contributed by atoms with E-state index in [4.69, 9.17) is 15.3 Å². The lowest BCUT2D eigenvalue weighted by Crippen LogP contribution is -2.41. The molecule has 3 aromatic rings. The summed E-state index contributed by atoms with van der Waals surface area (Å²) in [4.78, 5) is 26.0. The minimum absolute atomic E-state index is 0.206. The van der Waals surface area contributed by atoms with Crippen LogP contribution in [0, 0.1) is 19.8 Å². The largest absolute Gasteiger partial charge is 0.497 e. The summed E-state index contributed by atoms with van der Waals surface area (Å²) in [6.07, 6.45) is 3.87. The number of aromatic nitrogens is 3. The first kappa shape index (κ1) is 20.7. The average Bonchev–Trinajstić information content (AvgIpc) is 3.54. The average molecular weight is 419 g/mol. The molecule has 2 atom stereocenters. The number of methoxy groups -OCH3 is 1. The van der Waals surface area contributed by atoms with Crippen molar-refractivity contribution in [2.75, 3.05) is 18.7 Å². The Kier molecular flexibility index (Phi) is 5.56. The number of amides is 1. The SMILES string of the molecule is COc1cccc([C@]2(COc3cnc(C)nc3C)CC2C(=O)N(N)c2ccccn2)c1. The van der Waals surface area contributed by atoms with Crippen molar-refractivity contribution in [3.8, 4) is 11.5 Å². The highest BCUT2D eigenvalue weighted by atomic mass is 16.5. The quantitative estimate of drug-likeness (QED) is 0.357. The molecule has 1 aliphatic rings. The van der Waals surface area contributed by atoms with Gasteiger partial charge in [-0.15, -0.1) is 0 Å². The van der Waals surface area contributed by atoms with Crippen molar-refractivity contribution in [3.63, 3.8) is 0 Å². The third kappa shape index (κ3) is 4.06. The van der Waals surface area contributed by atoms with Crippen molar-refractivity contribution in [3.05, 3.63) is 71.9 Å². The molecule has 0 radical (unpaired) electrons. The van der Waals surface area contributed by atoms with Crippen molar-refractivity contribution >= 4 is 11.7 Å². The summed E-state index contributed by atoms with van der Waals surface area (Å²) in [5.74, 6) is 7.97. The van der Waals surface area contributed by atoms with Crippen LogP contribution in [0.3, 0.4) is 0 Å². The summed E-state index contributed by atoms with van der Waals surface area (Å²) >= 11 is 0. The van der Waals surface area contributed by atoms with Gasteiger partial charge in [0.15, 0.2) is 5.75 Å². The van der Waals surface area contributed by atoms with E-state index in [1.54, 1.807) is 37.7 Å². The number of pyridine rings is 1. The number of carbonyl (C=O) groups excluding carboxylic acids is 1. The Morgan fingerprint density at radius 2 is 2.06 bits per heavy atom. The van der Waals surface area contributed by atoms with Gasteiger partial charge in [-0.25, -0.2) is 25.8 Å². The van der Waals surface area contributed by atoms with Crippen molar-refractivity contribution in [1.82, 2.24) is 15.0 Å². The molecular weight excluding hydrogens is 394 g/mol. The second kappa shape index (κ2) is 8.31. The molecule has 8 heteroatoms. The van der Waals surface area contributed by atoms with Gasteiger partial charge in [0.25, 0.3) is 0 Å². The van der Waals surface area contributed by atoms with Crippen LogP contribution in [0.1, 0.15) is 23.5 Å². The number of carbonyl (C=O) groups is 1. The summed E-state index contributed by atoms with van der Waals surface area (Å²) in [7, 11) is 1.62. The van der Waals surface area contributed by atoms with Gasteiger partial charge in [0, 0.05) is 11.6 Å². The Labute approximate surface area is 181 Å². The number of aryl methyl sites for hydroxylation is 2. The van der Waals surface area contributed by atoms with Gasteiger partial charge >= 0.3 is 0 Å². The van der Waals surface area contributed by atoms with E-state index in [-0.39, 0.29) is 11.8 Å².